The van der Waals surface area contributed by atoms with Crippen molar-refractivity contribution in [1.82, 2.24) is 8.75 Å². The molecule has 0 amide bonds. The summed E-state index contributed by atoms with van der Waals surface area (Å²) in [5.74, 6) is 0. The van der Waals surface area contributed by atoms with E-state index in [4.69, 9.17) is 8.75 Å². The predicted octanol–water partition coefficient (Wildman–Crippen LogP) is 8.45. The Morgan fingerprint density at radius 3 is 1.59 bits per heavy atom. The maximum absolute atomic E-state index is 4.70. The Morgan fingerprint density at radius 1 is 0.724 bits per heavy atom. The van der Waals surface area contributed by atoms with Crippen molar-refractivity contribution in [2.45, 2.75) is 66.2 Å². The van der Waals surface area contributed by atoms with Gasteiger partial charge in [-0.3, -0.25) is 0 Å². The number of hydrogen-bond acceptors (Lipinski definition) is 5. The lowest BCUT2D eigenvalue weighted by atomic mass is 10.0. The number of thiophene rings is 2. The summed E-state index contributed by atoms with van der Waals surface area (Å²) in [6, 6.07) is 9.27. The van der Waals surface area contributed by atoms with Crippen LogP contribution in [0.4, 0.5) is 0 Å². The number of nitrogens with zero attached hydrogens (tertiary/aromatic N) is 2. The minimum absolute atomic E-state index is 1.05. The third kappa shape index (κ3) is 4.18. The van der Waals surface area contributed by atoms with E-state index in [1.165, 1.54) is 92.0 Å². The highest BCUT2D eigenvalue weighted by Gasteiger charge is 2.17. The van der Waals surface area contributed by atoms with Crippen LogP contribution in [0.15, 0.2) is 24.3 Å². The van der Waals surface area contributed by atoms with Gasteiger partial charge in [-0.1, -0.05) is 38.8 Å². The molecule has 29 heavy (non-hydrogen) atoms. The molecule has 0 radical (unpaired) electrons. The average Bonchev–Trinajstić information content (AvgIpc) is 3.43. The standard InChI is InChI=1S/C24H28N2S3/c1-5-7-9-17-13-21(27-15(17)3)19-11-12-20(24-23(19)25-29-26-24)22-14-18(10-8-6-2)16(4)28-22/h11-14H,5-10H2,1-4H3. The first kappa shape index (κ1) is 20.7. The van der Waals surface area contributed by atoms with Gasteiger partial charge in [0.05, 0.1) is 11.7 Å². The lowest BCUT2D eigenvalue weighted by Gasteiger charge is -2.03. The second-order valence-corrected chi connectivity index (χ2v) is 10.8. The summed E-state index contributed by atoms with van der Waals surface area (Å²) in [6.07, 6.45) is 7.32. The minimum Gasteiger partial charge on any atom is -0.172 e. The smallest absolute Gasteiger partial charge is 0.114 e. The number of aryl methyl sites for hydroxylation is 4. The first-order chi connectivity index (χ1) is 14.1. The van der Waals surface area contributed by atoms with Gasteiger partial charge in [0.25, 0.3) is 0 Å². The third-order valence-corrected chi connectivity index (χ3v) is 8.37. The number of fused-ring (bicyclic) bond motifs is 1. The number of unbranched alkanes of at least 4 members (excludes halogenated alkanes) is 2. The highest BCUT2D eigenvalue weighted by molar-refractivity contribution is 7.16. The quantitative estimate of drug-likeness (QED) is 0.275. The van der Waals surface area contributed by atoms with E-state index >= 15 is 0 Å². The van der Waals surface area contributed by atoms with Gasteiger partial charge in [0.2, 0.25) is 0 Å². The van der Waals surface area contributed by atoms with Gasteiger partial charge in [-0.25, -0.2) is 0 Å². The maximum atomic E-state index is 4.70. The molecular weight excluding hydrogens is 412 g/mol. The average molecular weight is 441 g/mol. The van der Waals surface area contributed by atoms with Gasteiger partial charge < -0.3 is 0 Å². The van der Waals surface area contributed by atoms with E-state index in [1.807, 2.05) is 22.7 Å². The molecule has 5 heteroatoms. The van der Waals surface area contributed by atoms with Gasteiger partial charge in [-0.15, -0.1) is 22.7 Å². The lowest BCUT2D eigenvalue weighted by Crippen LogP contribution is -1.84. The summed E-state index contributed by atoms with van der Waals surface area (Å²) >= 11 is 5.12. The molecule has 0 aliphatic heterocycles. The molecule has 0 spiro atoms. The van der Waals surface area contributed by atoms with Gasteiger partial charge in [0.15, 0.2) is 0 Å². The van der Waals surface area contributed by atoms with E-state index in [0.29, 0.717) is 0 Å². The van der Waals surface area contributed by atoms with Gasteiger partial charge in [-0.05, 0) is 62.8 Å². The fraction of sp³-hybridized carbons (Fsp3) is 0.417. The third-order valence-electron chi connectivity index (χ3n) is 5.59. The van der Waals surface area contributed by atoms with Crippen LogP contribution in [0.2, 0.25) is 0 Å². The zero-order valence-corrected chi connectivity index (χ0v) is 20.1. The maximum Gasteiger partial charge on any atom is 0.114 e. The highest BCUT2D eigenvalue weighted by atomic mass is 32.1. The van der Waals surface area contributed by atoms with E-state index < -0.39 is 0 Å². The normalized spacial score (nSPS) is 11.6. The van der Waals surface area contributed by atoms with Crippen molar-refractivity contribution in [3.05, 3.63) is 45.1 Å². The van der Waals surface area contributed by atoms with Crippen molar-refractivity contribution in [3.8, 4) is 20.9 Å². The van der Waals surface area contributed by atoms with Gasteiger partial charge in [0, 0.05) is 30.6 Å². The Bertz CT molecular complexity index is 1030. The minimum atomic E-state index is 1.05. The molecule has 3 heterocycles. The van der Waals surface area contributed by atoms with Crippen LogP contribution in [-0.2, 0) is 12.8 Å². The molecule has 0 N–H and O–H groups in total. The van der Waals surface area contributed by atoms with E-state index in [1.54, 1.807) is 0 Å². The van der Waals surface area contributed by atoms with Gasteiger partial charge in [-0.2, -0.15) is 8.75 Å². The number of benzene rings is 1. The van der Waals surface area contributed by atoms with E-state index in [0.717, 1.165) is 11.0 Å². The van der Waals surface area contributed by atoms with Crippen molar-refractivity contribution in [1.29, 1.82) is 0 Å². The first-order valence-electron chi connectivity index (χ1n) is 10.6. The Hall–Kier alpha value is -1.56. The fourth-order valence-electron chi connectivity index (χ4n) is 3.80. The topological polar surface area (TPSA) is 25.8 Å². The second kappa shape index (κ2) is 9.07. The molecule has 4 rings (SSSR count). The van der Waals surface area contributed by atoms with Crippen LogP contribution in [0.1, 0.15) is 60.4 Å². The Balaban J connectivity index is 1.73. The van der Waals surface area contributed by atoms with Crippen LogP contribution in [0.3, 0.4) is 0 Å². The fourth-order valence-corrected chi connectivity index (χ4v) is 6.57. The highest BCUT2D eigenvalue weighted by Crippen LogP contribution is 2.41. The summed E-state index contributed by atoms with van der Waals surface area (Å²) in [6.45, 7) is 9.00. The number of hydrogen-bond donors (Lipinski definition) is 0. The van der Waals surface area contributed by atoms with E-state index in [9.17, 15) is 0 Å². The molecule has 0 saturated heterocycles. The monoisotopic (exact) mass is 440 g/mol. The molecule has 2 nitrogen and oxygen atoms in total. The van der Waals surface area contributed by atoms with E-state index in [-0.39, 0.29) is 0 Å². The number of aromatic nitrogens is 2. The lowest BCUT2D eigenvalue weighted by molar-refractivity contribution is 0.794. The molecule has 4 aromatic rings. The van der Waals surface area contributed by atoms with Crippen LogP contribution in [-0.4, -0.2) is 8.75 Å². The first-order valence-corrected chi connectivity index (χ1v) is 12.9. The van der Waals surface area contributed by atoms with Crippen LogP contribution >= 0.6 is 34.4 Å². The largest absolute Gasteiger partial charge is 0.172 e. The van der Waals surface area contributed by atoms with Crippen molar-refractivity contribution in [2.24, 2.45) is 0 Å². The Morgan fingerprint density at radius 2 is 1.17 bits per heavy atom. The molecule has 0 fully saturated rings. The van der Waals surface area contributed by atoms with Crippen molar-refractivity contribution >= 4 is 45.4 Å². The van der Waals surface area contributed by atoms with Crippen LogP contribution in [0, 0.1) is 13.8 Å². The van der Waals surface area contributed by atoms with Crippen molar-refractivity contribution < 1.29 is 0 Å². The zero-order chi connectivity index (χ0) is 20.4. The summed E-state index contributed by atoms with van der Waals surface area (Å²) in [4.78, 5) is 5.51. The van der Waals surface area contributed by atoms with Crippen molar-refractivity contribution in [3.63, 3.8) is 0 Å². The van der Waals surface area contributed by atoms with Crippen LogP contribution < -0.4 is 0 Å². The van der Waals surface area contributed by atoms with Gasteiger partial charge in [0.1, 0.15) is 11.0 Å². The molecule has 0 aliphatic carbocycles. The summed E-state index contributed by atoms with van der Waals surface area (Å²) in [5.41, 5.74) is 7.54. The van der Waals surface area contributed by atoms with Crippen LogP contribution in [0.25, 0.3) is 31.9 Å². The Kier molecular flexibility index (Phi) is 6.47. The molecule has 152 valence electrons. The number of rotatable bonds is 8. The molecule has 0 saturated carbocycles. The summed E-state index contributed by atoms with van der Waals surface area (Å²) in [7, 11) is 0. The van der Waals surface area contributed by atoms with Crippen LogP contribution in [0.5, 0.6) is 0 Å². The molecule has 1 aromatic carbocycles. The molecular formula is C24H28N2S3. The summed E-state index contributed by atoms with van der Waals surface area (Å²) < 4.78 is 9.41. The zero-order valence-electron chi connectivity index (χ0n) is 17.7. The predicted molar refractivity (Wildman–Crippen MR) is 131 cm³/mol. The summed E-state index contributed by atoms with van der Waals surface area (Å²) in [5, 5.41) is 0. The molecule has 0 unspecified atom stereocenters. The molecule has 3 aromatic heterocycles. The van der Waals surface area contributed by atoms with Gasteiger partial charge >= 0.3 is 0 Å². The second-order valence-electron chi connectivity index (χ2n) is 7.71. The van der Waals surface area contributed by atoms with Crippen molar-refractivity contribution in [2.75, 3.05) is 0 Å². The van der Waals surface area contributed by atoms with E-state index in [2.05, 4.69) is 52.0 Å². The Labute approximate surface area is 186 Å². The SMILES string of the molecule is CCCCc1cc(-c2ccc(-c3cc(CCCC)c(C)s3)c3nsnc23)sc1C. The molecule has 0 atom stereocenters. The molecule has 0 aliphatic rings. The molecule has 0 bridgehead atoms.